The number of carbonyl (C=O) groups is 1. The van der Waals surface area contributed by atoms with Gasteiger partial charge in [0.15, 0.2) is 0 Å². The number of aldehydes is 1. The predicted molar refractivity (Wildman–Crippen MR) is 77.2 cm³/mol. The highest BCUT2D eigenvalue weighted by Crippen LogP contribution is 2.38. The second-order valence-corrected chi connectivity index (χ2v) is 7.40. The third-order valence-corrected chi connectivity index (χ3v) is 5.23. The topological polar surface area (TPSA) is 29.5 Å². The normalized spacial score (nSPS) is 27.4. The lowest BCUT2D eigenvalue weighted by Gasteiger charge is -2.42. The summed E-state index contributed by atoms with van der Waals surface area (Å²) < 4.78 is 5.40. The summed E-state index contributed by atoms with van der Waals surface area (Å²) in [5.41, 5.74) is 0.359. The van der Waals surface area contributed by atoms with Crippen molar-refractivity contribution in [2.75, 3.05) is 26.8 Å². The maximum Gasteiger partial charge on any atom is 0.127 e. The highest BCUT2D eigenvalue weighted by molar-refractivity contribution is 5.60. The van der Waals surface area contributed by atoms with Gasteiger partial charge in [-0.15, -0.1) is 0 Å². The van der Waals surface area contributed by atoms with Crippen LogP contribution in [0.25, 0.3) is 0 Å². The molecule has 2 fully saturated rings. The highest BCUT2D eigenvalue weighted by Gasteiger charge is 2.36. The molecule has 0 atom stereocenters. The maximum atomic E-state index is 11.5. The molecule has 3 nitrogen and oxygen atoms in total. The van der Waals surface area contributed by atoms with Crippen molar-refractivity contribution in [1.29, 1.82) is 0 Å². The zero-order valence-corrected chi connectivity index (χ0v) is 12.8. The molecule has 0 aromatic heterocycles. The van der Waals surface area contributed by atoms with Crippen molar-refractivity contribution in [2.45, 2.75) is 58.4 Å². The summed E-state index contributed by atoms with van der Waals surface area (Å²) in [7, 11) is 2.20. The van der Waals surface area contributed by atoms with Gasteiger partial charge in [-0.05, 0) is 51.0 Å². The Morgan fingerprint density at radius 3 is 2.26 bits per heavy atom. The van der Waals surface area contributed by atoms with Gasteiger partial charge in [-0.1, -0.05) is 13.8 Å². The standard InChI is InChI=1S/C16H29NO2/c1-15(2)6-4-14(5-7-15)17(3)12-16(13-18)8-10-19-11-9-16/h13-14H,4-12H2,1-3H3. The lowest BCUT2D eigenvalue weighted by atomic mass is 9.74. The fourth-order valence-corrected chi connectivity index (χ4v) is 3.54. The average molecular weight is 267 g/mol. The van der Waals surface area contributed by atoms with Crippen molar-refractivity contribution in [1.82, 2.24) is 4.90 Å². The zero-order valence-electron chi connectivity index (χ0n) is 12.8. The van der Waals surface area contributed by atoms with Crippen LogP contribution in [0.5, 0.6) is 0 Å². The molecule has 0 spiro atoms. The van der Waals surface area contributed by atoms with Gasteiger partial charge in [-0.2, -0.15) is 0 Å². The summed E-state index contributed by atoms with van der Waals surface area (Å²) in [6.45, 7) is 7.13. The molecular formula is C16H29NO2. The Morgan fingerprint density at radius 2 is 1.74 bits per heavy atom. The molecule has 19 heavy (non-hydrogen) atoms. The molecule has 1 aliphatic heterocycles. The van der Waals surface area contributed by atoms with Crippen LogP contribution >= 0.6 is 0 Å². The number of hydrogen-bond acceptors (Lipinski definition) is 3. The first kappa shape index (κ1) is 15.0. The van der Waals surface area contributed by atoms with Crippen LogP contribution in [0.15, 0.2) is 0 Å². The SMILES string of the molecule is CN(CC1(C=O)CCOCC1)C1CCC(C)(C)CC1. The van der Waals surface area contributed by atoms with Gasteiger partial charge in [-0.3, -0.25) is 0 Å². The van der Waals surface area contributed by atoms with Crippen LogP contribution in [0.3, 0.4) is 0 Å². The molecule has 0 amide bonds. The van der Waals surface area contributed by atoms with E-state index in [9.17, 15) is 4.79 Å². The molecule has 1 aliphatic carbocycles. The molecule has 0 aromatic rings. The maximum absolute atomic E-state index is 11.5. The van der Waals surface area contributed by atoms with Crippen molar-refractivity contribution in [2.24, 2.45) is 10.8 Å². The van der Waals surface area contributed by atoms with Gasteiger partial charge in [0.05, 0.1) is 0 Å². The van der Waals surface area contributed by atoms with E-state index in [1.165, 1.54) is 32.0 Å². The largest absolute Gasteiger partial charge is 0.381 e. The highest BCUT2D eigenvalue weighted by atomic mass is 16.5. The van der Waals surface area contributed by atoms with Crippen molar-refractivity contribution in [3.8, 4) is 0 Å². The summed E-state index contributed by atoms with van der Waals surface area (Å²) in [6.07, 6.45) is 8.12. The van der Waals surface area contributed by atoms with Crippen LogP contribution in [0.2, 0.25) is 0 Å². The molecule has 2 rings (SSSR count). The molecule has 0 bridgehead atoms. The molecule has 0 aromatic carbocycles. The Morgan fingerprint density at radius 1 is 1.16 bits per heavy atom. The lowest BCUT2D eigenvalue weighted by molar-refractivity contribution is -0.123. The summed E-state index contributed by atoms with van der Waals surface area (Å²) in [4.78, 5) is 14.0. The van der Waals surface area contributed by atoms with Crippen LogP contribution in [-0.2, 0) is 9.53 Å². The summed E-state index contributed by atoms with van der Waals surface area (Å²) in [5.74, 6) is 0. The quantitative estimate of drug-likeness (QED) is 0.734. The van der Waals surface area contributed by atoms with Crippen LogP contribution in [0, 0.1) is 10.8 Å². The molecule has 110 valence electrons. The minimum atomic E-state index is -0.153. The second-order valence-electron chi connectivity index (χ2n) is 7.40. The van der Waals surface area contributed by atoms with Crippen molar-refractivity contribution >= 4 is 6.29 Å². The predicted octanol–water partition coefficient (Wildman–Crippen LogP) is 2.88. The number of ether oxygens (including phenoxy) is 1. The van der Waals surface area contributed by atoms with Crippen LogP contribution in [0.4, 0.5) is 0 Å². The third kappa shape index (κ3) is 3.79. The number of hydrogen-bond donors (Lipinski definition) is 0. The van der Waals surface area contributed by atoms with Gasteiger partial charge in [0.1, 0.15) is 6.29 Å². The van der Waals surface area contributed by atoms with Gasteiger partial charge >= 0.3 is 0 Å². The number of carbonyl (C=O) groups excluding carboxylic acids is 1. The van der Waals surface area contributed by atoms with Crippen LogP contribution < -0.4 is 0 Å². The molecule has 1 saturated carbocycles. The molecule has 0 unspecified atom stereocenters. The van der Waals surface area contributed by atoms with E-state index in [1.54, 1.807) is 0 Å². The monoisotopic (exact) mass is 267 g/mol. The summed E-state index contributed by atoms with van der Waals surface area (Å²) in [6, 6.07) is 0.660. The van der Waals surface area contributed by atoms with E-state index in [2.05, 4.69) is 25.8 Å². The van der Waals surface area contributed by atoms with E-state index in [4.69, 9.17) is 4.74 Å². The fraction of sp³-hybridized carbons (Fsp3) is 0.938. The number of nitrogens with zero attached hydrogens (tertiary/aromatic N) is 1. The van der Waals surface area contributed by atoms with E-state index in [0.717, 1.165) is 32.6 Å². The minimum Gasteiger partial charge on any atom is -0.381 e. The fourth-order valence-electron chi connectivity index (χ4n) is 3.54. The van der Waals surface area contributed by atoms with Gasteiger partial charge < -0.3 is 14.4 Å². The Labute approximate surface area is 117 Å². The lowest BCUT2D eigenvalue weighted by Crippen LogP contribution is -2.46. The van der Waals surface area contributed by atoms with Crippen LogP contribution in [0.1, 0.15) is 52.4 Å². The Balaban J connectivity index is 1.89. The minimum absolute atomic E-state index is 0.153. The Bertz CT molecular complexity index is 298. The van der Waals surface area contributed by atoms with Gasteiger partial charge in [0.25, 0.3) is 0 Å². The second kappa shape index (κ2) is 5.92. The first-order valence-corrected chi connectivity index (χ1v) is 7.71. The van der Waals surface area contributed by atoms with E-state index in [1.807, 2.05) is 0 Å². The van der Waals surface area contributed by atoms with Gasteiger partial charge in [0, 0.05) is 31.2 Å². The molecule has 3 heteroatoms. The third-order valence-electron chi connectivity index (χ3n) is 5.23. The number of rotatable bonds is 4. The van der Waals surface area contributed by atoms with Crippen molar-refractivity contribution in [3.05, 3.63) is 0 Å². The Kier molecular flexibility index (Phi) is 4.67. The molecule has 2 aliphatic rings. The first-order valence-electron chi connectivity index (χ1n) is 7.71. The molecule has 1 heterocycles. The molecule has 0 radical (unpaired) electrons. The summed E-state index contributed by atoms with van der Waals surface area (Å²) in [5, 5.41) is 0. The van der Waals surface area contributed by atoms with E-state index >= 15 is 0 Å². The van der Waals surface area contributed by atoms with E-state index in [-0.39, 0.29) is 5.41 Å². The van der Waals surface area contributed by atoms with Crippen molar-refractivity contribution in [3.63, 3.8) is 0 Å². The van der Waals surface area contributed by atoms with E-state index in [0.29, 0.717) is 11.5 Å². The Hall–Kier alpha value is -0.410. The molecular weight excluding hydrogens is 238 g/mol. The van der Waals surface area contributed by atoms with Crippen LogP contribution in [-0.4, -0.2) is 44.0 Å². The van der Waals surface area contributed by atoms with Gasteiger partial charge in [-0.25, -0.2) is 0 Å². The van der Waals surface area contributed by atoms with Gasteiger partial charge in [0.2, 0.25) is 0 Å². The first-order chi connectivity index (χ1) is 8.96. The average Bonchev–Trinajstić information content (AvgIpc) is 2.39. The smallest absolute Gasteiger partial charge is 0.127 e. The van der Waals surface area contributed by atoms with Crippen molar-refractivity contribution < 1.29 is 9.53 Å². The zero-order chi connectivity index (χ0) is 13.9. The van der Waals surface area contributed by atoms with E-state index < -0.39 is 0 Å². The molecule has 0 N–H and O–H groups in total. The summed E-state index contributed by atoms with van der Waals surface area (Å²) >= 11 is 0. The molecule has 1 saturated heterocycles.